The summed E-state index contributed by atoms with van der Waals surface area (Å²) in [6.07, 6.45) is 4.11. The van der Waals surface area contributed by atoms with E-state index in [1.165, 1.54) is 0 Å². The lowest BCUT2D eigenvalue weighted by atomic mass is 9.61. The number of hydrogen-bond donors (Lipinski definition) is 3. The molecule has 5 aliphatic rings. The van der Waals surface area contributed by atoms with E-state index in [1.54, 1.807) is 19.1 Å². The Morgan fingerprint density at radius 3 is 2.84 bits per heavy atom. The van der Waals surface area contributed by atoms with Crippen molar-refractivity contribution in [3.63, 3.8) is 0 Å². The molecule has 6 nitrogen and oxygen atoms in total. The average molecular weight is 346 g/mol. The number of hydrogen-bond acceptors (Lipinski definition) is 5. The summed E-state index contributed by atoms with van der Waals surface area (Å²) in [6, 6.07) is 0. The van der Waals surface area contributed by atoms with Crippen molar-refractivity contribution in [2.24, 2.45) is 28.6 Å². The number of aliphatic hydroxyl groups excluding tert-OH is 1. The van der Waals surface area contributed by atoms with Crippen molar-refractivity contribution in [2.45, 2.75) is 49.9 Å². The molecule has 3 saturated carbocycles. The average Bonchev–Trinajstić information content (AvgIpc) is 2.95. The van der Waals surface area contributed by atoms with Crippen molar-refractivity contribution >= 4 is 11.9 Å². The quantitative estimate of drug-likeness (QED) is 0.484. The fourth-order valence-electron chi connectivity index (χ4n) is 7.13. The van der Waals surface area contributed by atoms with Crippen LogP contribution in [0.15, 0.2) is 24.3 Å². The summed E-state index contributed by atoms with van der Waals surface area (Å²) in [5.41, 5.74) is -3.29. The number of aliphatic hydroxyl groups is 2. The Labute approximate surface area is 145 Å². The molecule has 4 bridgehead atoms. The van der Waals surface area contributed by atoms with E-state index in [9.17, 15) is 24.9 Å². The van der Waals surface area contributed by atoms with E-state index in [0.29, 0.717) is 31.3 Å². The van der Waals surface area contributed by atoms with Gasteiger partial charge < -0.3 is 20.1 Å². The summed E-state index contributed by atoms with van der Waals surface area (Å²) < 4.78 is 5.87. The van der Waals surface area contributed by atoms with Crippen LogP contribution in [-0.4, -0.2) is 44.6 Å². The summed E-state index contributed by atoms with van der Waals surface area (Å²) >= 11 is 0. The first-order valence-electron chi connectivity index (χ1n) is 8.86. The standard InChI is InChI=1S/C19H22O6/c1-9-7-17-8-18(9,24)5-3-10(17)19-6-4-11(20)16(2,15(23)25-19)13(19)12(17)14(21)22/h4,6,10-13,20,24H,1,3,5,7-8H2,2H3,(H,21,22)/t10-,11-,12-,13-,16+,17+,18+,19-/m0/s1. The largest absolute Gasteiger partial charge is 0.481 e. The summed E-state index contributed by atoms with van der Waals surface area (Å²) in [5.74, 6) is -3.18. The zero-order valence-electron chi connectivity index (χ0n) is 14.1. The minimum absolute atomic E-state index is 0.180. The van der Waals surface area contributed by atoms with Crippen LogP contribution >= 0.6 is 0 Å². The molecule has 3 N–H and O–H groups in total. The topological polar surface area (TPSA) is 104 Å². The predicted molar refractivity (Wildman–Crippen MR) is 85.2 cm³/mol. The first kappa shape index (κ1) is 15.6. The second-order valence-electron chi connectivity index (χ2n) is 8.94. The Morgan fingerprint density at radius 2 is 2.16 bits per heavy atom. The lowest BCUT2D eigenvalue weighted by Crippen LogP contribution is -2.50. The highest BCUT2D eigenvalue weighted by molar-refractivity contribution is 5.86. The molecular formula is C19H22O6. The van der Waals surface area contributed by atoms with Crippen molar-refractivity contribution in [2.75, 3.05) is 0 Å². The van der Waals surface area contributed by atoms with Crippen molar-refractivity contribution < 1.29 is 29.6 Å². The van der Waals surface area contributed by atoms with Crippen LogP contribution in [0.3, 0.4) is 0 Å². The number of carbonyl (C=O) groups excluding carboxylic acids is 1. The SMILES string of the molecule is C=C1C[C@@]23C[C@]1(O)CC[C@@H]2[C@]12C=C[C@H](O)[C@@](C)(C(=O)O1)[C@@H]2[C@H]3C(=O)O. The van der Waals surface area contributed by atoms with E-state index in [-0.39, 0.29) is 5.92 Å². The van der Waals surface area contributed by atoms with Gasteiger partial charge in [0, 0.05) is 11.8 Å². The fourth-order valence-corrected chi connectivity index (χ4v) is 7.13. The van der Waals surface area contributed by atoms with E-state index in [2.05, 4.69) is 6.58 Å². The normalized spacial score (nSPS) is 58.0. The lowest BCUT2D eigenvalue weighted by molar-refractivity contribution is -0.163. The van der Waals surface area contributed by atoms with Gasteiger partial charge in [-0.25, -0.2) is 0 Å². The van der Waals surface area contributed by atoms with E-state index >= 15 is 0 Å². The van der Waals surface area contributed by atoms with Crippen LogP contribution in [0.2, 0.25) is 0 Å². The predicted octanol–water partition coefficient (Wildman–Crippen LogP) is 1.03. The van der Waals surface area contributed by atoms with Crippen LogP contribution in [-0.2, 0) is 14.3 Å². The number of carboxylic acid groups (broad SMARTS) is 1. The van der Waals surface area contributed by atoms with E-state index in [1.807, 2.05) is 0 Å². The number of ether oxygens (including phenoxy) is 1. The Bertz CT molecular complexity index is 772. The molecule has 1 heterocycles. The Hall–Kier alpha value is -1.66. The molecule has 0 radical (unpaired) electrons. The summed E-state index contributed by atoms with van der Waals surface area (Å²) in [4.78, 5) is 25.1. The van der Waals surface area contributed by atoms with Gasteiger partial charge in [0.2, 0.25) is 0 Å². The number of fused-ring (bicyclic) bond motifs is 1. The smallest absolute Gasteiger partial charge is 0.316 e. The maximum atomic E-state index is 12.7. The molecule has 1 aliphatic heterocycles. The molecule has 4 aliphatic carbocycles. The molecule has 1 saturated heterocycles. The van der Waals surface area contributed by atoms with Crippen LogP contribution in [0.5, 0.6) is 0 Å². The van der Waals surface area contributed by atoms with Gasteiger partial charge in [0.25, 0.3) is 0 Å². The summed E-state index contributed by atoms with van der Waals surface area (Å²) in [6.45, 7) is 5.64. The number of esters is 1. The van der Waals surface area contributed by atoms with Crippen molar-refractivity contribution in [3.05, 3.63) is 24.3 Å². The molecule has 5 rings (SSSR count). The number of carboxylic acids is 1. The molecule has 6 heteroatoms. The molecule has 0 amide bonds. The number of carbonyl (C=O) groups is 2. The van der Waals surface area contributed by atoms with Gasteiger partial charge in [0.15, 0.2) is 0 Å². The zero-order valence-corrected chi connectivity index (χ0v) is 14.1. The minimum Gasteiger partial charge on any atom is -0.481 e. The third kappa shape index (κ3) is 1.36. The fraction of sp³-hybridized carbons (Fsp3) is 0.684. The Balaban J connectivity index is 1.78. The summed E-state index contributed by atoms with van der Waals surface area (Å²) in [7, 11) is 0. The van der Waals surface area contributed by atoms with E-state index in [4.69, 9.17) is 4.74 Å². The maximum absolute atomic E-state index is 12.7. The van der Waals surface area contributed by atoms with Gasteiger partial charge in [0.05, 0.1) is 17.6 Å². The van der Waals surface area contributed by atoms with Gasteiger partial charge in [0.1, 0.15) is 11.0 Å². The molecular weight excluding hydrogens is 324 g/mol. The highest BCUT2D eigenvalue weighted by Crippen LogP contribution is 2.77. The van der Waals surface area contributed by atoms with Crippen LogP contribution in [0.4, 0.5) is 0 Å². The van der Waals surface area contributed by atoms with Crippen LogP contribution in [0, 0.1) is 28.6 Å². The molecule has 0 aromatic rings. The molecule has 4 fully saturated rings. The molecule has 8 atom stereocenters. The van der Waals surface area contributed by atoms with E-state index < -0.39 is 51.9 Å². The van der Waals surface area contributed by atoms with Gasteiger partial charge in [-0.15, -0.1) is 0 Å². The molecule has 0 aromatic heterocycles. The maximum Gasteiger partial charge on any atom is 0.316 e. The van der Waals surface area contributed by atoms with Crippen molar-refractivity contribution in [3.8, 4) is 0 Å². The highest BCUT2D eigenvalue weighted by atomic mass is 16.6. The Kier molecular flexibility index (Phi) is 2.50. The first-order valence-corrected chi connectivity index (χ1v) is 8.86. The Morgan fingerprint density at radius 1 is 1.44 bits per heavy atom. The monoisotopic (exact) mass is 346 g/mol. The van der Waals surface area contributed by atoms with E-state index in [0.717, 1.165) is 0 Å². The van der Waals surface area contributed by atoms with Gasteiger partial charge in [-0.2, -0.15) is 0 Å². The van der Waals surface area contributed by atoms with Gasteiger partial charge in [-0.05, 0) is 49.7 Å². The zero-order chi connectivity index (χ0) is 18.0. The highest BCUT2D eigenvalue weighted by Gasteiger charge is 2.83. The van der Waals surface area contributed by atoms with Crippen LogP contribution in [0.1, 0.15) is 32.6 Å². The molecule has 134 valence electrons. The van der Waals surface area contributed by atoms with Gasteiger partial charge in [-0.1, -0.05) is 12.7 Å². The third-order valence-corrected chi connectivity index (χ3v) is 8.12. The number of rotatable bonds is 1. The minimum atomic E-state index is -1.27. The second-order valence-corrected chi connectivity index (χ2v) is 8.94. The summed E-state index contributed by atoms with van der Waals surface area (Å²) in [5, 5.41) is 31.6. The first-order chi connectivity index (χ1) is 11.6. The van der Waals surface area contributed by atoms with Crippen LogP contribution < -0.4 is 0 Å². The van der Waals surface area contributed by atoms with Gasteiger partial charge in [-0.3, -0.25) is 9.59 Å². The third-order valence-electron chi connectivity index (χ3n) is 8.12. The molecule has 0 unspecified atom stereocenters. The van der Waals surface area contributed by atoms with Crippen LogP contribution in [0.25, 0.3) is 0 Å². The lowest BCUT2D eigenvalue weighted by Gasteiger charge is -2.44. The molecule has 25 heavy (non-hydrogen) atoms. The molecule has 0 aromatic carbocycles. The van der Waals surface area contributed by atoms with Gasteiger partial charge >= 0.3 is 11.9 Å². The second kappa shape index (κ2) is 4.01. The number of aliphatic carboxylic acids is 1. The molecule has 1 spiro atoms. The van der Waals surface area contributed by atoms with Crippen molar-refractivity contribution in [1.29, 1.82) is 0 Å². The van der Waals surface area contributed by atoms with Crippen molar-refractivity contribution in [1.82, 2.24) is 0 Å².